The molecule has 0 spiro atoms. The Morgan fingerprint density at radius 2 is 1.47 bits per heavy atom. The minimum atomic E-state index is -5.71. The molecule has 3 rings (SSSR count). The van der Waals surface area contributed by atoms with Crippen LogP contribution in [0, 0.1) is 11.8 Å². The summed E-state index contributed by atoms with van der Waals surface area (Å²) in [6.07, 6.45) is 13.9. The van der Waals surface area contributed by atoms with Crippen LogP contribution in [0.3, 0.4) is 0 Å². The molecule has 23 heteroatoms. The number of aliphatic hydroxyl groups excluding tert-OH is 4. The number of carbonyl (C=O) groups excluding carboxylic acids is 3. The molecule has 1 aromatic heterocycles. The number of Topliss-reactive ketones (excluding diaryl/α,β-unsaturated/α-hetero) is 1. The molecule has 2 fully saturated rings. The number of nitrogens with two attached hydrogens (primary N) is 1. The molecule has 0 radical (unpaired) electrons. The van der Waals surface area contributed by atoms with E-state index in [0.717, 1.165) is 55.9 Å². The number of nitrogens with zero attached hydrogens (tertiary/aromatic N) is 2. The van der Waals surface area contributed by atoms with Gasteiger partial charge in [0.25, 0.3) is 0 Å². The molecule has 1 aromatic rings. The van der Waals surface area contributed by atoms with Crippen LogP contribution in [0.15, 0.2) is 41.4 Å². The first-order valence-corrected chi connectivity index (χ1v) is 29.4. The lowest BCUT2D eigenvalue weighted by atomic mass is 9.83. The van der Waals surface area contributed by atoms with E-state index in [0.29, 0.717) is 38.5 Å². The number of hydrogen-bond donors (Lipinski definition) is 7. The largest absolute Gasteiger partial charge is 0.481 e. The second-order valence-electron chi connectivity index (χ2n) is 19.2. The van der Waals surface area contributed by atoms with Gasteiger partial charge >= 0.3 is 33.3 Å². The van der Waals surface area contributed by atoms with Crippen LogP contribution >= 0.6 is 15.6 Å². The van der Waals surface area contributed by atoms with Crippen molar-refractivity contribution in [2.75, 3.05) is 25.6 Å². The number of ether oxygens (including phenoxy) is 3. The summed E-state index contributed by atoms with van der Waals surface area (Å²) in [7, 11) is -11.3. The van der Waals surface area contributed by atoms with E-state index in [2.05, 4.69) is 28.4 Å². The van der Waals surface area contributed by atoms with Crippen molar-refractivity contribution >= 4 is 39.2 Å². The molecular weight excluding hydrogens is 993 g/mol. The average molecular weight is 1080 g/mol. The van der Waals surface area contributed by atoms with Crippen LogP contribution < -0.4 is 11.4 Å². The Hall–Kier alpha value is -3.17. The fourth-order valence-electron chi connectivity index (χ4n) is 8.67. The topological polar surface area (TPSA) is 323 Å². The summed E-state index contributed by atoms with van der Waals surface area (Å²) < 4.78 is 58.9. The summed E-state index contributed by atoms with van der Waals surface area (Å²) >= 11 is 0. The molecule has 21 nitrogen and oxygen atoms in total. The lowest BCUT2D eigenvalue weighted by Gasteiger charge is -2.38. The summed E-state index contributed by atoms with van der Waals surface area (Å²) in [5, 5.41) is 45.5. The Morgan fingerprint density at radius 1 is 0.849 bits per heavy atom. The van der Waals surface area contributed by atoms with Gasteiger partial charge in [-0.2, -0.15) is 9.29 Å². The number of rotatable bonds is 24. The molecule has 418 valence electrons. The molecular formula is C50H85N3O18P2. The average Bonchev–Trinajstić information content (AvgIpc) is 3.33. The Bertz CT molecular complexity index is 1990. The van der Waals surface area contributed by atoms with Gasteiger partial charge in [0, 0.05) is 31.4 Å². The van der Waals surface area contributed by atoms with Gasteiger partial charge in [-0.3, -0.25) is 28.0 Å². The first-order chi connectivity index (χ1) is 34.9. The van der Waals surface area contributed by atoms with E-state index in [4.69, 9.17) is 29.0 Å². The van der Waals surface area contributed by atoms with Gasteiger partial charge in [-0.25, -0.2) is 13.9 Å². The number of hydrogen-bond acceptors (Lipinski definition) is 18. The van der Waals surface area contributed by atoms with Crippen molar-refractivity contribution < 1.29 is 81.3 Å². The van der Waals surface area contributed by atoms with E-state index < -0.39 is 120 Å². The quantitative estimate of drug-likeness (QED) is 0.0227. The van der Waals surface area contributed by atoms with Gasteiger partial charge in [-0.15, -0.1) is 0 Å². The van der Waals surface area contributed by atoms with Crippen LogP contribution in [-0.4, -0.2) is 114 Å². The standard InChI is InChI=1S/C50H85N3O18P2/c1-3-5-7-8-9-10-11-12-13-14-15-16-17-18-23-27-45(57)66-34-38-35-67-72(62,63)71-73(64,65)68-36-43-48(60)47(59)39(30-29-37(54)25-21-6-4-2)41(55)33-42(56)40(26-22-19-20-24-28-46(58)69-38)49(70-43)53-32-31-44(51)52-50(53)61/h12-13,29-32,37-41,43,47-49,54-55,59-60H,3-11,14-28,33-36H2,1-2H3,(H,62,63)(H,64,65)(H2,51,52,61)/b13-12-,30-29-/t37-,38+,39-,40-,41+,43+,47-,48+,49+/m0/s1. The van der Waals surface area contributed by atoms with Gasteiger partial charge in [-0.1, -0.05) is 128 Å². The SMILES string of the molecule is CCCCCCCC/C=C\CCCCCCCC(=O)OC[C@@H]1COP(=O)(O)OP(=O)(O)OC[C@H]2O[C@@H](n3ccc(N)nc3=O)[C@@H](CCCCCCC(=O)O1)C(=O)C[C@@H](O)[C@H](/C=C\[C@@H](O)CCCCC)[C@H](O)[C@@H]2O. The number of aliphatic hydroxyl groups is 4. The van der Waals surface area contributed by atoms with Crippen molar-refractivity contribution in [1.82, 2.24) is 9.55 Å². The monoisotopic (exact) mass is 1080 g/mol. The Labute approximate surface area is 430 Å². The lowest BCUT2D eigenvalue weighted by Crippen LogP contribution is -2.51. The summed E-state index contributed by atoms with van der Waals surface area (Å²) in [6.45, 7) is 1.49. The third kappa shape index (κ3) is 26.0. The highest BCUT2D eigenvalue weighted by molar-refractivity contribution is 7.61. The van der Waals surface area contributed by atoms with Crippen LogP contribution in [0.4, 0.5) is 5.82 Å². The van der Waals surface area contributed by atoms with E-state index in [-0.39, 0.29) is 31.5 Å². The van der Waals surface area contributed by atoms with Crippen LogP contribution in [0.5, 0.6) is 0 Å². The summed E-state index contributed by atoms with van der Waals surface area (Å²) in [5.41, 5.74) is 4.75. The molecule has 2 unspecified atom stereocenters. The maximum atomic E-state index is 14.3. The lowest BCUT2D eigenvalue weighted by molar-refractivity contribution is -0.184. The van der Waals surface area contributed by atoms with Gasteiger partial charge in [0.15, 0.2) is 6.10 Å². The summed E-state index contributed by atoms with van der Waals surface area (Å²) in [6, 6.07) is 1.23. The Balaban J connectivity index is 1.76. The number of phosphoric ester groups is 2. The van der Waals surface area contributed by atoms with Crippen LogP contribution in [0.25, 0.3) is 0 Å². The maximum Gasteiger partial charge on any atom is 0.481 e. The number of ketones is 1. The summed E-state index contributed by atoms with van der Waals surface area (Å²) in [5.74, 6) is -4.92. The number of anilines is 1. The molecule has 2 saturated heterocycles. The highest BCUT2D eigenvalue weighted by Crippen LogP contribution is 2.60. The molecule has 0 aliphatic carbocycles. The molecule has 0 aromatic carbocycles. The second-order valence-corrected chi connectivity index (χ2v) is 22.2. The summed E-state index contributed by atoms with van der Waals surface area (Å²) in [4.78, 5) is 78.4. The highest BCUT2D eigenvalue weighted by Gasteiger charge is 2.45. The molecule has 8 N–H and O–H groups in total. The van der Waals surface area contributed by atoms with E-state index in [1.54, 1.807) is 0 Å². The zero-order chi connectivity index (χ0) is 53.7. The number of cyclic esters (lactones) is 1. The van der Waals surface area contributed by atoms with Crippen molar-refractivity contribution in [3.05, 3.63) is 47.1 Å². The number of phosphoric acid groups is 2. The molecule has 0 saturated carbocycles. The minimum Gasteiger partial charge on any atom is -0.462 e. The van der Waals surface area contributed by atoms with Crippen molar-refractivity contribution in [1.29, 1.82) is 0 Å². The smallest absolute Gasteiger partial charge is 0.462 e. The highest BCUT2D eigenvalue weighted by atomic mass is 31.3. The van der Waals surface area contributed by atoms with Crippen molar-refractivity contribution in [2.45, 2.75) is 217 Å². The first-order valence-electron chi connectivity index (χ1n) is 26.5. The molecule has 0 amide bonds. The molecule has 2 aliphatic heterocycles. The van der Waals surface area contributed by atoms with Gasteiger partial charge in [-0.05, 0) is 57.4 Å². The number of nitrogen functional groups attached to an aromatic ring is 1. The maximum absolute atomic E-state index is 14.3. The van der Waals surface area contributed by atoms with Crippen LogP contribution in [-0.2, 0) is 51.1 Å². The number of unbranched alkanes of at least 4 members (excludes halogenated alkanes) is 13. The Morgan fingerprint density at radius 3 is 2.14 bits per heavy atom. The predicted octanol–water partition coefficient (Wildman–Crippen LogP) is 7.59. The van der Waals surface area contributed by atoms with Crippen LogP contribution in [0.2, 0.25) is 0 Å². The number of aromatic nitrogens is 2. The number of fused-ring (bicyclic) bond motifs is 3. The first kappa shape index (κ1) is 64.1. The zero-order valence-electron chi connectivity index (χ0n) is 42.9. The van der Waals surface area contributed by atoms with Crippen molar-refractivity contribution in [3.8, 4) is 0 Å². The molecule has 2 bridgehead atoms. The zero-order valence-corrected chi connectivity index (χ0v) is 44.7. The van der Waals surface area contributed by atoms with Crippen LogP contribution in [0.1, 0.15) is 181 Å². The predicted molar refractivity (Wildman–Crippen MR) is 271 cm³/mol. The third-order valence-corrected chi connectivity index (χ3v) is 15.5. The number of esters is 2. The van der Waals surface area contributed by atoms with E-state index >= 15 is 0 Å². The molecule has 2 aliphatic rings. The van der Waals surface area contributed by atoms with Gasteiger partial charge in [0.1, 0.15) is 36.6 Å². The van der Waals surface area contributed by atoms with Crippen molar-refractivity contribution in [3.63, 3.8) is 0 Å². The van der Waals surface area contributed by atoms with E-state index in [1.807, 2.05) is 6.92 Å². The fourth-order valence-corrected chi connectivity index (χ4v) is 10.8. The molecule has 11 atom stereocenters. The van der Waals surface area contributed by atoms with E-state index in [9.17, 15) is 58.5 Å². The van der Waals surface area contributed by atoms with Crippen molar-refractivity contribution in [2.24, 2.45) is 11.8 Å². The minimum absolute atomic E-state index is 0.00255. The normalized spacial score (nSPS) is 29.3. The number of carbonyl (C=O) groups is 3. The number of allylic oxidation sites excluding steroid dienone is 2. The Kier molecular flexibility index (Phi) is 30.9. The van der Waals surface area contributed by atoms with Gasteiger partial charge < -0.3 is 50.2 Å². The van der Waals surface area contributed by atoms with Gasteiger partial charge in [0.05, 0.1) is 37.4 Å². The van der Waals surface area contributed by atoms with E-state index in [1.165, 1.54) is 62.9 Å². The second kappa shape index (κ2) is 35.2. The van der Waals surface area contributed by atoms with Gasteiger partial charge in [0.2, 0.25) is 0 Å². The molecule has 3 heterocycles. The molecule has 73 heavy (non-hydrogen) atoms. The third-order valence-electron chi connectivity index (χ3n) is 12.9. The fraction of sp³-hybridized carbons (Fsp3) is 0.780.